The predicted molar refractivity (Wildman–Crippen MR) is 87.1 cm³/mol. The van der Waals surface area contributed by atoms with Gasteiger partial charge in [-0.15, -0.1) is 11.3 Å². The summed E-state index contributed by atoms with van der Waals surface area (Å²) < 4.78 is 0. The lowest BCUT2D eigenvalue weighted by Gasteiger charge is -2.05. The van der Waals surface area contributed by atoms with Crippen molar-refractivity contribution in [2.24, 2.45) is 0 Å². The predicted octanol–water partition coefficient (Wildman–Crippen LogP) is 4.56. The van der Waals surface area contributed by atoms with Gasteiger partial charge in [-0.2, -0.15) is 5.26 Å². The highest BCUT2D eigenvalue weighted by atomic mass is 35.5. The van der Waals surface area contributed by atoms with E-state index in [0.29, 0.717) is 15.7 Å². The lowest BCUT2D eigenvalue weighted by atomic mass is 10.1. The Labute approximate surface area is 141 Å². The van der Waals surface area contributed by atoms with Crippen LogP contribution in [0.15, 0.2) is 41.9 Å². The monoisotopic (exact) mass is 346 g/mol. The standard InChI is InChI=1S/C15H8Cl2N4S/c16-11-4-2-1-3-9(11)13-8-22-14(20-13)10(7-18)12-5-6-19-15(17)21-12/h1-6,8,10H. The van der Waals surface area contributed by atoms with Gasteiger partial charge < -0.3 is 0 Å². The molecular weight excluding hydrogens is 339 g/mol. The lowest BCUT2D eigenvalue weighted by molar-refractivity contribution is 0.931. The average molecular weight is 347 g/mol. The van der Waals surface area contributed by atoms with Crippen LogP contribution in [-0.2, 0) is 0 Å². The number of halogens is 2. The fraction of sp³-hybridized carbons (Fsp3) is 0.0667. The Morgan fingerprint density at radius 2 is 1.95 bits per heavy atom. The summed E-state index contributed by atoms with van der Waals surface area (Å²) in [6.45, 7) is 0. The van der Waals surface area contributed by atoms with E-state index in [-0.39, 0.29) is 5.28 Å². The molecule has 2 aromatic heterocycles. The molecular formula is C15H8Cl2N4S. The van der Waals surface area contributed by atoms with Crippen molar-refractivity contribution in [3.05, 3.63) is 62.9 Å². The summed E-state index contributed by atoms with van der Waals surface area (Å²) in [7, 11) is 0. The average Bonchev–Trinajstić information content (AvgIpc) is 2.98. The highest BCUT2D eigenvalue weighted by Crippen LogP contribution is 2.32. The van der Waals surface area contributed by atoms with Gasteiger partial charge in [0.1, 0.15) is 10.9 Å². The molecule has 2 heterocycles. The van der Waals surface area contributed by atoms with Gasteiger partial charge in [-0.05, 0) is 23.7 Å². The van der Waals surface area contributed by atoms with Gasteiger partial charge in [0.05, 0.1) is 17.5 Å². The zero-order chi connectivity index (χ0) is 15.5. The Balaban J connectivity index is 1.99. The topological polar surface area (TPSA) is 62.5 Å². The molecule has 0 spiro atoms. The zero-order valence-electron chi connectivity index (χ0n) is 11.1. The molecule has 3 aromatic rings. The number of hydrogen-bond donors (Lipinski definition) is 0. The number of hydrogen-bond acceptors (Lipinski definition) is 5. The van der Waals surface area contributed by atoms with Crippen molar-refractivity contribution in [2.45, 2.75) is 5.92 Å². The van der Waals surface area contributed by atoms with E-state index in [1.807, 2.05) is 29.6 Å². The van der Waals surface area contributed by atoms with Gasteiger partial charge in [-0.1, -0.05) is 29.8 Å². The van der Waals surface area contributed by atoms with Gasteiger partial charge in [-0.25, -0.2) is 15.0 Å². The van der Waals surface area contributed by atoms with Crippen LogP contribution in [-0.4, -0.2) is 15.0 Å². The molecule has 0 saturated carbocycles. The number of benzene rings is 1. The lowest BCUT2D eigenvalue weighted by Crippen LogP contribution is -2.01. The summed E-state index contributed by atoms with van der Waals surface area (Å²) in [5.74, 6) is -0.582. The van der Waals surface area contributed by atoms with Crippen molar-refractivity contribution in [1.29, 1.82) is 5.26 Å². The smallest absolute Gasteiger partial charge is 0.222 e. The van der Waals surface area contributed by atoms with Crippen LogP contribution in [0.3, 0.4) is 0 Å². The molecule has 22 heavy (non-hydrogen) atoms. The van der Waals surface area contributed by atoms with Gasteiger partial charge in [0.15, 0.2) is 0 Å². The third kappa shape index (κ3) is 2.95. The first-order chi connectivity index (χ1) is 10.7. The molecule has 0 aliphatic carbocycles. The zero-order valence-corrected chi connectivity index (χ0v) is 13.4. The van der Waals surface area contributed by atoms with Crippen LogP contribution in [0.2, 0.25) is 10.3 Å². The summed E-state index contributed by atoms with van der Waals surface area (Å²) in [5.41, 5.74) is 2.11. The van der Waals surface area contributed by atoms with Crippen LogP contribution >= 0.6 is 34.5 Å². The molecule has 0 N–H and O–H groups in total. The fourth-order valence-corrected chi connectivity index (χ4v) is 3.23. The van der Waals surface area contributed by atoms with E-state index >= 15 is 0 Å². The molecule has 7 heteroatoms. The Kier molecular flexibility index (Phi) is 4.34. The van der Waals surface area contributed by atoms with Crippen molar-refractivity contribution in [3.8, 4) is 17.3 Å². The molecule has 3 rings (SSSR count). The minimum Gasteiger partial charge on any atom is -0.239 e. The minimum atomic E-state index is -0.582. The Hall–Kier alpha value is -2.00. The van der Waals surface area contributed by atoms with Crippen molar-refractivity contribution in [1.82, 2.24) is 15.0 Å². The fourth-order valence-electron chi connectivity index (χ4n) is 1.97. The number of rotatable bonds is 3. The number of thiazole rings is 1. The van der Waals surface area contributed by atoms with E-state index < -0.39 is 5.92 Å². The van der Waals surface area contributed by atoms with E-state index in [4.69, 9.17) is 23.2 Å². The molecule has 1 atom stereocenters. The SMILES string of the molecule is N#CC(c1ccnc(Cl)n1)c1nc(-c2ccccc2Cl)cs1. The molecule has 0 aliphatic heterocycles. The first kappa shape index (κ1) is 14.9. The first-order valence-electron chi connectivity index (χ1n) is 6.27. The second-order valence-electron chi connectivity index (χ2n) is 4.36. The van der Waals surface area contributed by atoms with Gasteiger partial charge in [-0.3, -0.25) is 0 Å². The molecule has 0 amide bonds. The van der Waals surface area contributed by atoms with Gasteiger partial charge >= 0.3 is 0 Å². The number of aromatic nitrogens is 3. The highest BCUT2D eigenvalue weighted by molar-refractivity contribution is 7.10. The third-order valence-corrected chi connectivity index (χ3v) is 4.41. The van der Waals surface area contributed by atoms with Crippen LogP contribution in [0.25, 0.3) is 11.3 Å². The normalized spacial score (nSPS) is 11.9. The van der Waals surface area contributed by atoms with Crippen molar-refractivity contribution in [3.63, 3.8) is 0 Å². The number of nitrogens with zero attached hydrogens (tertiary/aromatic N) is 4. The van der Waals surface area contributed by atoms with Crippen molar-refractivity contribution < 1.29 is 0 Å². The van der Waals surface area contributed by atoms with Crippen LogP contribution in [0, 0.1) is 11.3 Å². The van der Waals surface area contributed by atoms with Crippen LogP contribution in [0.5, 0.6) is 0 Å². The molecule has 0 fully saturated rings. The van der Waals surface area contributed by atoms with E-state index in [1.54, 1.807) is 6.07 Å². The summed E-state index contributed by atoms with van der Waals surface area (Å²) in [5, 5.41) is 12.7. The minimum absolute atomic E-state index is 0.112. The Bertz CT molecular complexity index is 856. The molecule has 108 valence electrons. The number of nitriles is 1. The molecule has 1 aromatic carbocycles. The quantitative estimate of drug-likeness (QED) is 0.652. The van der Waals surface area contributed by atoms with Gasteiger partial charge in [0.25, 0.3) is 0 Å². The highest BCUT2D eigenvalue weighted by Gasteiger charge is 2.20. The molecule has 0 saturated heterocycles. The molecule has 4 nitrogen and oxygen atoms in total. The van der Waals surface area contributed by atoms with Gasteiger partial charge in [0, 0.05) is 22.2 Å². The van der Waals surface area contributed by atoms with Crippen LogP contribution in [0.1, 0.15) is 16.6 Å². The summed E-state index contributed by atoms with van der Waals surface area (Å²) >= 11 is 13.4. The Morgan fingerprint density at radius 1 is 1.14 bits per heavy atom. The molecule has 0 aliphatic rings. The molecule has 0 bridgehead atoms. The van der Waals surface area contributed by atoms with E-state index in [0.717, 1.165) is 11.3 Å². The second kappa shape index (κ2) is 6.41. The summed E-state index contributed by atoms with van der Waals surface area (Å²) in [6, 6.07) is 11.3. The van der Waals surface area contributed by atoms with E-state index in [2.05, 4.69) is 21.0 Å². The Morgan fingerprint density at radius 3 is 2.68 bits per heavy atom. The summed E-state index contributed by atoms with van der Waals surface area (Å²) in [6.07, 6.45) is 1.53. The maximum atomic E-state index is 9.45. The first-order valence-corrected chi connectivity index (χ1v) is 7.91. The molecule has 1 unspecified atom stereocenters. The van der Waals surface area contributed by atoms with E-state index in [9.17, 15) is 5.26 Å². The van der Waals surface area contributed by atoms with Crippen LogP contribution < -0.4 is 0 Å². The van der Waals surface area contributed by atoms with Crippen molar-refractivity contribution in [2.75, 3.05) is 0 Å². The van der Waals surface area contributed by atoms with Gasteiger partial charge in [0.2, 0.25) is 5.28 Å². The maximum Gasteiger partial charge on any atom is 0.222 e. The maximum absolute atomic E-state index is 9.45. The van der Waals surface area contributed by atoms with Crippen molar-refractivity contribution >= 4 is 34.5 Å². The second-order valence-corrected chi connectivity index (χ2v) is 6.00. The third-order valence-electron chi connectivity index (χ3n) is 2.99. The van der Waals surface area contributed by atoms with E-state index in [1.165, 1.54) is 17.5 Å². The largest absolute Gasteiger partial charge is 0.239 e. The van der Waals surface area contributed by atoms with Crippen LogP contribution in [0.4, 0.5) is 0 Å². The molecule has 0 radical (unpaired) electrons. The summed E-state index contributed by atoms with van der Waals surface area (Å²) in [4.78, 5) is 12.4.